The van der Waals surface area contributed by atoms with Gasteiger partial charge in [-0.2, -0.15) is 0 Å². The molecule has 1 fully saturated rings. The third-order valence-corrected chi connectivity index (χ3v) is 4.77. The van der Waals surface area contributed by atoms with Crippen LogP contribution >= 0.6 is 11.8 Å². The van der Waals surface area contributed by atoms with Crippen molar-refractivity contribution in [1.29, 1.82) is 0 Å². The lowest BCUT2D eigenvalue weighted by molar-refractivity contribution is 0.390. The van der Waals surface area contributed by atoms with Gasteiger partial charge in [0.1, 0.15) is 11.6 Å². The summed E-state index contributed by atoms with van der Waals surface area (Å²) in [5.74, 6) is -0.683. The lowest BCUT2D eigenvalue weighted by atomic mass is 9.95. The molecule has 100 valence electrons. The number of thioether (sulfide) groups is 1. The monoisotopic (exact) mass is 271 g/mol. The third-order valence-electron chi connectivity index (χ3n) is 3.34. The van der Waals surface area contributed by atoms with E-state index < -0.39 is 0 Å². The lowest BCUT2D eigenvalue weighted by Gasteiger charge is -2.31. The average molecular weight is 271 g/mol. The summed E-state index contributed by atoms with van der Waals surface area (Å²) in [4.78, 5) is 0.435. The van der Waals surface area contributed by atoms with E-state index in [1.54, 1.807) is 0 Å². The Morgan fingerprint density at radius 2 is 2.06 bits per heavy atom. The highest BCUT2D eigenvalue weighted by molar-refractivity contribution is 8.00. The minimum absolute atomic E-state index is 0.317. The van der Waals surface area contributed by atoms with Gasteiger partial charge in [0.15, 0.2) is 0 Å². The highest BCUT2D eigenvalue weighted by Crippen LogP contribution is 2.35. The van der Waals surface area contributed by atoms with Gasteiger partial charge in [-0.15, -0.1) is 11.8 Å². The molecule has 2 unspecified atom stereocenters. The molecule has 1 nitrogen and oxygen atoms in total. The van der Waals surface area contributed by atoms with E-state index in [0.29, 0.717) is 16.2 Å². The molecule has 2 rings (SSSR count). The fourth-order valence-corrected chi connectivity index (χ4v) is 3.83. The van der Waals surface area contributed by atoms with Gasteiger partial charge in [-0.1, -0.05) is 19.8 Å². The van der Waals surface area contributed by atoms with E-state index in [4.69, 9.17) is 0 Å². The Hall–Kier alpha value is -0.610. The molecular formula is C14H19F2NS. The summed E-state index contributed by atoms with van der Waals surface area (Å²) >= 11 is 1.48. The van der Waals surface area contributed by atoms with Crippen molar-refractivity contribution in [2.75, 3.05) is 6.54 Å². The fraction of sp³-hybridized carbons (Fsp3) is 0.571. The van der Waals surface area contributed by atoms with Gasteiger partial charge in [-0.3, -0.25) is 0 Å². The van der Waals surface area contributed by atoms with Crippen molar-refractivity contribution in [3.63, 3.8) is 0 Å². The molecular weight excluding hydrogens is 252 g/mol. The number of rotatable bonds is 4. The smallest absolute Gasteiger partial charge is 0.136 e. The molecule has 1 aliphatic rings. The van der Waals surface area contributed by atoms with E-state index in [2.05, 4.69) is 12.2 Å². The molecule has 0 heterocycles. The van der Waals surface area contributed by atoms with Crippen LogP contribution in [0.1, 0.15) is 32.6 Å². The number of halogens is 2. The summed E-state index contributed by atoms with van der Waals surface area (Å²) in [7, 11) is 0. The maximum absolute atomic E-state index is 13.6. The van der Waals surface area contributed by atoms with E-state index in [1.807, 2.05) is 0 Å². The Morgan fingerprint density at radius 3 is 2.83 bits per heavy atom. The molecule has 1 saturated carbocycles. The summed E-state index contributed by atoms with van der Waals surface area (Å²) in [6.07, 6.45) is 4.59. The third kappa shape index (κ3) is 3.45. The quantitative estimate of drug-likeness (QED) is 0.889. The molecule has 2 atom stereocenters. The number of benzene rings is 1. The van der Waals surface area contributed by atoms with E-state index >= 15 is 0 Å². The molecule has 1 aliphatic carbocycles. The van der Waals surface area contributed by atoms with E-state index in [-0.39, 0.29) is 11.6 Å². The molecule has 0 saturated heterocycles. The maximum Gasteiger partial charge on any atom is 0.136 e. The molecule has 4 heteroatoms. The first kappa shape index (κ1) is 13.8. The second-order valence-corrected chi connectivity index (χ2v) is 5.96. The van der Waals surface area contributed by atoms with Crippen molar-refractivity contribution < 1.29 is 8.78 Å². The van der Waals surface area contributed by atoms with Crippen molar-refractivity contribution in [2.24, 2.45) is 0 Å². The van der Waals surface area contributed by atoms with Crippen LogP contribution in [0, 0.1) is 11.6 Å². The van der Waals surface area contributed by atoms with Crippen LogP contribution in [0.25, 0.3) is 0 Å². The largest absolute Gasteiger partial charge is 0.313 e. The maximum atomic E-state index is 13.6. The van der Waals surface area contributed by atoms with E-state index in [9.17, 15) is 8.78 Å². The van der Waals surface area contributed by atoms with Crippen molar-refractivity contribution in [3.8, 4) is 0 Å². The van der Waals surface area contributed by atoms with Gasteiger partial charge < -0.3 is 5.32 Å². The van der Waals surface area contributed by atoms with Crippen LogP contribution < -0.4 is 5.32 Å². The van der Waals surface area contributed by atoms with Crippen molar-refractivity contribution in [2.45, 2.75) is 48.8 Å². The normalized spacial score (nSPS) is 24.2. The highest BCUT2D eigenvalue weighted by Gasteiger charge is 2.26. The van der Waals surface area contributed by atoms with Crippen LogP contribution in [0.4, 0.5) is 8.78 Å². The predicted molar refractivity (Wildman–Crippen MR) is 71.9 cm³/mol. The number of hydrogen-bond donors (Lipinski definition) is 1. The number of hydrogen-bond acceptors (Lipinski definition) is 2. The molecule has 0 aromatic heterocycles. The zero-order chi connectivity index (χ0) is 13.0. The van der Waals surface area contributed by atoms with Crippen LogP contribution in [-0.4, -0.2) is 17.8 Å². The van der Waals surface area contributed by atoms with Crippen LogP contribution in [-0.2, 0) is 0 Å². The first-order valence-electron chi connectivity index (χ1n) is 6.55. The number of nitrogens with one attached hydrogen (secondary N) is 1. The molecule has 0 aliphatic heterocycles. The van der Waals surface area contributed by atoms with Gasteiger partial charge in [0.25, 0.3) is 0 Å². The molecule has 1 N–H and O–H groups in total. The topological polar surface area (TPSA) is 12.0 Å². The summed E-state index contributed by atoms with van der Waals surface area (Å²) in [6.45, 7) is 3.01. The molecule has 0 spiro atoms. The zero-order valence-corrected chi connectivity index (χ0v) is 11.4. The minimum Gasteiger partial charge on any atom is -0.313 e. The Kier molecular flexibility index (Phi) is 5.01. The van der Waals surface area contributed by atoms with E-state index in [1.165, 1.54) is 42.8 Å². The molecule has 18 heavy (non-hydrogen) atoms. The summed E-state index contributed by atoms with van der Waals surface area (Å²) < 4.78 is 26.8. The van der Waals surface area contributed by atoms with Gasteiger partial charge in [-0.25, -0.2) is 8.78 Å². The van der Waals surface area contributed by atoms with Crippen molar-refractivity contribution >= 4 is 11.8 Å². The molecule has 1 aromatic carbocycles. The lowest BCUT2D eigenvalue weighted by Crippen LogP contribution is -2.40. The Morgan fingerprint density at radius 1 is 1.28 bits per heavy atom. The van der Waals surface area contributed by atoms with Crippen LogP contribution in [0.15, 0.2) is 23.1 Å². The molecule has 0 amide bonds. The summed E-state index contributed by atoms with van der Waals surface area (Å²) in [5, 5.41) is 3.79. The van der Waals surface area contributed by atoms with Gasteiger partial charge in [0, 0.05) is 16.2 Å². The van der Waals surface area contributed by atoms with Crippen molar-refractivity contribution in [3.05, 3.63) is 29.8 Å². The average Bonchev–Trinajstić information content (AvgIpc) is 2.36. The van der Waals surface area contributed by atoms with E-state index in [0.717, 1.165) is 19.4 Å². The van der Waals surface area contributed by atoms with Gasteiger partial charge in [-0.05, 0) is 37.6 Å². The Labute approximate surface area is 111 Å². The predicted octanol–water partition coefficient (Wildman–Crippen LogP) is 3.98. The van der Waals surface area contributed by atoms with Crippen LogP contribution in [0.5, 0.6) is 0 Å². The Balaban J connectivity index is 2.08. The zero-order valence-electron chi connectivity index (χ0n) is 10.6. The summed E-state index contributed by atoms with van der Waals surface area (Å²) in [6, 6.07) is 4.10. The van der Waals surface area contributed by atoms with Crippen LogP contribution in [0.2, 0.25) is 0 Å². The van der Waals surface area contributed by atoms with Crippen LogP contribution in [0.3, 0.4) is 0 Å². The molecule has 0 radical (unpaired) electrons. The Bertz CT molecular complexity index is 395. The molecule has 0 bridgehead atoms. The van der Waals surface area contributed by atoms with Gasteiger partial charge >= 0.3 is 0 Å². The standard InChI is InChI=1S/C14H19F2NS/c1-2-17-12-5-3-4-6-13(12)18-14-9-10(15)7-8-11(14)16/h7-9,12-13,17H,2-6H2,1H3. The SMILES string of the molecule is CCNC1CCCCC1Sc1cc(F)ccc1F. The first-order valence-corrected chi connectivity index (χ1v) is 7.43. The molecule has 1 aromatic rings. The van der Waals surface area contributed by atoms with Gasteiger partial charge in [0.05, 0.1) is 0 Å². The fourth-order valence-electron chi connectivity index (χ4n) is 2.46. The first-order chi connectivity index (χ1) is 8.70. The second kappa shape index (κ2) is 6.53. The van der Waals surface area contributed by atoms with Gasteiger partial charge in [0.2, 0.25) is 0 Å². The van der Waals surface area contributed by atoms with Crippen molar-refractivity contribution in [1.82, 2.24) is 5.32 Å². The minimum atomic E-state index is -0.366. The highest BCUT2D eigenvalue weighted by atomic mass is 32.2. The summed E-state index contributed by atoms with van der Waals surface area (Å²) in [5.41, 5.74) is 0. The second-order valence-electron chi connectivity index (χ2n) is 4.68.